The summed E-state index contributed by atoms with van der Waals surface area (Å²) in [6.07, 6.45) is -2.97. The Morgan fingerprint density at radius 1 is 0.923 bits per heavy atom. The smallest absolute Gasteiger partial charge is 0.339 e. The molecule has 26 heavy (non-hydrogen) atoms. The lowest BCUT2D eigenvalue weighted by Crippen LogP contribution is -2.05. The summed E-state index contributed by atoms with van der Waals surface area (Å²) in [5, 5.41) is 13.8. The van der Waals surface area contributed by atoms with Crippen LogP contribution >= 0.6 is 0 Å². The molecular formula is C18H16F3N5. The standard InChI is InChI=1S/C18H16F3N5/c1-11-4-3-5-15(12(11)2)24-17-25-16(10-22-26-17)23-14-8-6-13(7-9-14)18(19,20)21/h3-10H,1-2H3,(H2,23,24,25,26). The molecular weight excluding hydrogens is 343 g/mol. The van der Waals surface area contributed by atoms with E-state index in [-0.39, 0.29) is 5.95 Å². The molecule has 2 N–H and O–H groups in total. The number of alkyl halides is 3. The summed E-state index contributed by atoms with van der Waals surface area (Å²) in [5.74, 6) is 0.656. The first-order valence-electron chi connectivity index (χ1n) is 7.80. The van der Waals surface area contributed by atoms with Crippen LogP contribution in [0.2, 0.25) is 0 Å². The number of nitrogens with zero attached hydrogens (tertiary/aromatic N) is 3. The van der Waals surface area contributed by atoms with E-state index < -0.39 is 11.7 Å². The van der Waals surface area contributed by atoms with Crippen LogP contribution in [-0.4, -0.2) is 15.2 Å². The summed E-state index contributed by atoms with van der Waals surface area (Å²) in [6, 6.07) is 10.5. The van der Waals surface area contributed by atoms with Crippen molar-refractivity contribution < 1.29 is 13.2 Å². The fourth-order valence-electron chi connectivity index (χ4n) is 2.31. The number of nitrogens with one attached hydrogen (secondary N) is 2. The zero-order chi connectivity index (χ0) is 18.7. The molecule has 0 atom stereocenters. The van der Waals surface area contributed by atoms with E-state index in [1.807, 2.05) is 32.0 Å². The molecule has 5 nitrogen and oxygen atoms in total. The molecule has 0 unspecified atom stereocenters. The lowest BCUT2D eigenvalue weighted by Gasteiger charge is -2.11. The zero-order valence-corrected chi connectivity index (χ0v) is 14.1. The maximum Gasteiger partial charge on any atom is 0.416 e. The van der Waals surface area contributed by atoms with Crippen LogP contribution in [0.4, 0.5) is 36.3 Å². The Morgan fingerprint density at radius 3 is 2.35 bits per heavy atom. The van der Waals surface area contributed by atoms with Gasteiger partial charge in [-0.1, -0.05) is 12.1 Å². The summed E-state index contributed by atoms with van der Waals surface area (Å²) in [6.45, 7) is 3.98. The quantitative estimate of drug-likeness (QED) is 0.687. The van der Waals surface area contributed by atoms with E-state index in [2.05, 4.69) is 25.8 Å². The second-order valence-electron chi connectivity index (χ2n) is 5.74. The number of rotatable bonds is 4. The molecule has 1 heterocycles. The van der Waals surface area contributed by atoms with Crippen molar-refractivity contribution in [2.24, 2.45) is 0 Å². The van der Waals surface area contributed by atoms with Crippen molar-refractivity contribution in [3.8, 4) is 0 Å². The Bertz CT molecular complexity index is 907. The van der Waals surface area contributed by atoms with Gasteiger partial charge in [0, 0.05) is 11.4 Å². The summed E-state index contributed by atoms with van der Waals surface area (Å²) < 4.78 is 37.8. The molecule has 0 saturated carbocycles. The number of halogens is 3. The molecule has 2 aromatic carbocycles. The monoisotopic (exact) mass is 359 g/mol. The Hall–Kier alpha value is -3.16. The highest BCUT2D eigenvalue weighted by molar-refractivity contribution is 5.62. The molecule has 0 aliphatic heterocycles. The molecule has 134 valence electrons. The first-order chi connectivity index (χ1) is 12.3. The van der Waals surface area contributed by atoms with Crippen LogP contribution in [0.1, 0.15) is 16.7 Å². The van der Waals surface area contributed by atoms with E-state index in [1.54, 1.807) is 0 Å². The molecule has 8 heteroatoms. The fourth-order valence-corrected chi connectivity index (χ4v) is 2.31. The van der Waals surface area contributed by atoms with E-state index in [9.17, 15) is 13.2 Å². The largest absolute Gasteiger partial charge is 0.416 e. The van der Waals surface area contributed by atoms with Crippen LogP contribution in [0.3, 0.4) is 0 Å². The maximum absolute atomic E-state index is 12.6. The zero-order valence-electron chi connectivity index (χ0n) is 14.1. The minimum absolute atomic E-state index is 0.288. The summed E-state index contributed by atoms with van der Waals surface area (Å²) in [5.41, 5.74) is 2.81. The summed E-state index contributed by atoms with van der Waals surface area (Å²) in [7, 11) is 0. The molecule has 0 aliphatic rings. The number of hydrogen-bond acceptors (Lipinski definition) is 5. The molecule has 0 saturated heterocycles. The Labute approximate surface area is 148 Å². The van der Waals surface area contributed by atoms with Gasteiger partial charge in [0.15, 0.2) is 5.82 Å². The summed E-state index contributed by atoms with van der Waals surface area (Å²) >= 11 is 0. The predicted molar refractivity (Wildman–Crippen MR) is 93.8 cm³/mol. The second-order valence-corrected chi connectivity index (χ2v) is 5.74. The van der Waals surface area contributed by atoms with Gasteiger partial charge in [-0.3, -0.25) is 0 Å². The van der Waals surface area contributed by atoms with Crippen molar-refractivity contribution in [2.45, 2.75) is 20.0 Å². The number of anilines is 4. The van der Waals surface area contributed by atoms with E-state index >= 15 is 0 Å². The van der Waals surface area contributed by atoms with Crippen LogP contribution in [0.5, 0.6) is 0 Å². The van der Waals surface area contributed by atoms with Crippen LogP contribution in [-0.2, 0) is 6.18 Å². The van der Waals surface area contributed by atoms with Crippen molar-refractivity contribution in [2.75, 3.05) is 10.6 Å². The predicted octanol–water partition coefficient (Wildman–Crippen LogP) is 4.99. The van der Waals surface area contributed by atoms with Crippen LogP contribution < -0.4 is 10.6 Å². The van der Waals surface area contributed by atoms with Crippen molar-refractivity contribution in [1.29, 1.82) is 0 Å². The summed E-state index contributed by atoms with van der Waals surface area (Å²) in [4.78, 5) is 4.29. The first kappa shape index (κ1) is 17.7. The minimum atomic E-state index is -4.36. The third kappa shape index (κ3) is 4.08. The first-order valence-corrected chi connectivity index (χ1v) is 7.80. The van der Waals surface area contributed by atoms with E-state index in [0.29, 0.717) is 11.5 Å². The molecule has 0 bridgehead atoms. The Morgan fingerprint density at radius 2 is 1.65 bits per heavy atom. The SMILES string of the molecule is Cc1cccc(Nc2nncc(Nc3ccc(C(F)(F)F)cc3)n2)c1C. The van der Waals surface area contributed by atoms with Crippen LogP contribution in [0.15, 0.2) is 48.7 Å². The highest BCUT2D eigenvalue weighted by Crippen LogP contribution is 2.30. The topological polar surface area (TPSA) is 62.7 Å². The molecule has 3 rings (SSSR count). The number of aryl methyl sites for hydroxylation is 1. The molecule has 1 aromatic heterocycles. The highest BCUT2D eigenvalue weighted by Gasteiger charge is 2.29. The average molecular weight is 359 g/mol. The van der Waals surface area contributed by atoms with Gasteiger partial charge >= 0.3 is 6.18 Å². The number of benzene rings is 2. The van der Waals surface area contributed by atoms with Gasteiger partial charge in [-0.15, -0.1) is 5.10 Å². The highest BCUT2D eigenvalue weighted by atomic mass is 19.4. The van der Waals surface area contributed by atoms with Crippen molar-refractivity contribution in [3.63, 3.8) is 0 Å². The molecule has 3 aromatic rings. The third-order valence-corrected chi connectivity index (χ3v) is 3.89. The maximum atomic E-state index is 12.6. The fraction of sp³-hybridized carbons (Fsp3) is 0.167. The van der Waals surface area contributed by atoms with Gasteiger partial charge in [0.05, 0.1) is 11.8 Å². The minimum Gasteiger partial charge on any atom is -0.339 e. The van der Waals surface area contributed by atoms with Crippen molar-refractivity contribution >= 4 is 23.1 Å². The van der Waals surface area contributed by atoms with Gasteiger partial charge in [0.2, 0.25) is 5.95 Å². The van der Waals surface area contributed by atoms with E-state index in [4.69, 9.17) is 0 Å². The molecule has 0 fully saturated rings. The third-order valence-electron chi connectivity index (χ3n) is 3.89. The second kappa shape index (κ2) is 6.99. The van der Waals surface area contributed by atoms with E-state index in [0.717, 1.165) is 28.9 Å². The van der Waals surface area contributed by atoms with Gasteiger partial charge in [0.25, 0.3) is 0 Å². The molecule has 0 aliphatic carbocycles. The molecule has 0 amide bonds. The Balaban J connectivity index is 1.76. The van der Waals surface area contributed by atoms with Crippen molar-refractivity contribution in [3.05, 3.63) is 65.4 Å². The van der Waals surface area contributed by atoms with Gasteiger partial charge in [-0.25, -0.2) is 0 Å². The normalized spacial score (nSPS) is 11.3. The lowest BCUT2D eigenvalue weighted by molar-refractivity contribution is -0.137. The Kier molecular flexibility index (Phi) is 4.75. The molecule has 0 spiro atoms. The average Bonchev–Trinajstić information content (AvgIpc) is 2.59. The van der Waals surface area contributed by atoms with Gasteiger partial charge < -0.3 is 10.6 Å². The molecule has 0 radical (unpaired) electrons. The van der Waals surface area contributed by atoms with Crippen LogP contribution in [0, 0.1) is 13.8 Å². The number of aromatic nitrogens is 3. The van der Waals surface area contributed by atoms with Crippen LogP contribution in [0.25, 0.3) is 0 Å². The van der Waals surface area contributed by atoms with Gasteiger partial charge in [-0.2, -0.15) is 23.3 Å². The number of hydrogen-bond donors (Lipinski definition) is 2. The van der Waals surface area contributed by atoms with Gasteiger partial charge in [-0.05, 0) is 55.3 Å². The van der Waals surface area contributed by atoms with Gasteiger partial charge in [0.1, 0.15) is 0 Å². The van der Waals surface area contributed by atoms with Crippen molar-refractivity contribution in [1.82, 2.24) is 15.2 Å². The lowest BCUT2D eigenvalue weighted by atomic mass is 10.1. The van der Waals surface area contributed by atoms with E-state index in [1.165, 1.54) is 18.3 Å².